The number of carbonyl (C=O) groups is 2. The first-order chi connectivity index (χ1) is 11.0. The first kappa shape index (κ1) is 15.9. The second kappa shape index (κ2) is 6.26. The number of hydrogen-bond acceptors (Lipinski definition) is 2. The van der Waals surface area contributed by atoms with Gasteiger partial charge in [-0.1, -0.05) is 6.07 Å². The van der Waals surface area contributed by atoms with Crippen molar-refractivity contribution in [1.29, 1.82) is 0 Å². The lowest BCUT2D eigenvalue weighted by atomic mass is 9.77. The molecule has 2 aliphatic heterocycles. The van der Waals surface area contributed by atoms with Gasteiger partial charge in [-0.15, -0.1) is 0 Å². The summed E-state index contributed by atoms with van der Waals surface area (Å²) in [5, 5.41) is 2.87. The monoisotopic (exact) mass is 322 g/mol. The molecule has 2 aliphatic rings. The Morgan fingerprint density at radius 3 is 2.61 bits per heavy atom. The average Bonchev–Trinajstić information content (AvgIpc) is 2.87. The van der Waals surface area contributed by atoms with Crippen LogP contribution in [0.25, 0.3) is 0 Å². The third kappa shape index (κ3) is 3.51. The van der Waals surface area contributed by atoms with Gasteiger partial charge >= 0.3 is 0 Å². The number of aryl methyl sites for hydroxylation is 1. The van der Waals surface area contributed by atoms with Crippen molar-refractivity contribution < 1.29 is 18.4 Å². The van der Waals surface area contributed by atoms with Gasteiger partial charge in [0, 0.05) is 38.5 Å². The van der Waals surface area contributed by atoms with E-state index in [1.165, 1.54) is 12.1 Å². The van der Waals surface area contributed by atoms with Crippen LogP contribution in [0.2, 0.25) is 0 Å². The molecule has 0 unspecified atom stereocenters. The molecule has 0 radical (unpaired) electrons. The number of piperidine rings is 1. The molecule has 1 N–H and O–H groups in total. The number of halogens is 2. The molecule has 0 aliphatic carbocycles. The molecular formula is C17H20F2N2O2. The zero-order chi connectivity index (χ0) is 16.4. The zero-order valence-corrected chi connectivity index (χ0v) is 12.9. The van der Waals surface area contributed by atoms with E-state index in [2.05, 4.69) is 5.32 Å². The van der Waals surface area contributed by atoms with Crippen LogP contribution in [0.1, 0.15) is 31.2 Å². The zero-order valence-electron chi connectivity index (χ0n) is 12.9. The molecule has 0 saturated carbocycles. The number of carbonyl (C=O) groups excluding carboxylic acids is 2. The molecule has 3 rings (SSSR count). The van der Waals surface area contributed by atoms with Crippen molar-refractivity contribution in [3.05, 3.63) is 35.4 Å². The number of hydrogen-bond donors (Lipinski definition) is 1. The molecule has 2 amide bonds. The first-order valence-electron chi connectivity index (χ1n) is 7.96. The molecule has 0 bridgehead atoms. The minimum absolute atomic E-state index is 0.0108. The van der Waals surface area contributed by atoms with Gasteiger partial charge in [-0.2, -0.15) is 0 Å². The van der Waals surface area contributed by atoms with Crippen LogP contribution >= 0.6 is 0 Å². The van der Waals surface area contributed by atoms with E-state index in [9.17, 15) is 18.4 Å². The molecule has 1 aromatic rings. The van der Waals surface area contributed by atoms with Crippen LogP contribution in [-0.4, -0.2) is 36.3 Å². The molecule has 0 atom stereocenters. The Bertz CT molecular complexity index is 625. The molecule has 23 heavy (non-hydrogen) atoms. The molecule has 0 aromatic heterocycles. The first-order valence-corrected chi connectivity index (χ1v) is 7.96. The number of nitrogens with one attached hydrogen (secondary N) is 1. The highest BCUT2D eigenvalue weighted by Crippen LogP contribution is 2.37. The van der Waals surface area contributed by atoms with Gasteiger partial charge in [0.2, 0.25) is 11.8 Å². The fourth-order valence-electron chi connectivity index (χ4n) is 3.46. The van der Waals surface area contributed by atoms with Crippen molar-refractivity contribution in [2.75, 3.05) is 19.6 Å². The lowest BCUT2D eigenvalue weighted by molar-refractivity contribution is -0.133. The Balaban J connectivity index is 1.51. The van der Waals surface area contributed by atoms with E-state index in [4.69, 9.17) is 0 Å². The van der Waals surface area contributed by atoms with Crippen LogP contribution in [0.5, 0.6) is 0 Å². The number of benzene rings is 1. The number of amides is 2. The van der Waals surface area contributed by atoms with Crippen LogP contribution in [0.4, 0.5) is 8.78 Å². The summed E-state index contributed by atoms with van der Waals surface area (Å²) in [5.41, 5.74) is 0.371. The van der Waals surface area contributed by atoms with Gasteiger partial charge < -0.3 is 10.2 Å². The van der Waals surface area contributed by atoms with E-state index in [0.29, 0.717) is 31.6 Å². The Kier molecular flexibility index (Phi) is 4.33. The van der Waals surface area contributed by atoms with E-state index in [-0.39, 0.29) is 30.1 Å². The largest absolute Gasteiger partial charge is 0.356 e. The van der Waals surface area contributed by atoms with Crippen LogP contribution < -0.4 is 5.32 Å². The molecule has 2 fully saturated rings. The minimum atomic E-state index is -0.612. The molecule has 1 spiro atoms. The van der Waals surface area contributed by atoms with Gasteiger partial charge in [0.15, 0.2) is 0 Å². The summed E-state index contributed by atoms with van der Waals surface area (Å²) in [5.74, 6) is -1.14. The van der Waals surface area contributed by atoms with Gasteiger partial charge in [0.05, 0.1) is 0 Å². The summed E-state index contributed by atoms with van der Waals surface area (Å²) in [4.78, 5) is 25.4. The second-order valence-electron chi connectivity index (χ2n) is 6.57. The Morgan fingerprint density at radius 2 is 2.00 bits per heavy atom. The topological polar surface area (TPSA) is 49.4 Å². The highest BCUT2D eigenvalue weighted by Gasteiger charge is 2.41. The molecule has 124 valence electrons. The summed E-state index contributed by atoms with van der Waals surface area (Å²) in [7, 11) is 0. The predicted octanol–water partition coefficient (Wildman–Crippen LogP) is 2.03. The number of likely N-dealkylation sites (tertiary alicyclic amines) is 1. The quantitative estimate of drug-likeness (QED) is 0.926. The third-order valence-electron chi connectivity index (χ3n) is 5.00. The fraction of sp³-hybridized carbons (Fsp3) is 0.529. The molecule has 1 aromatic carbocycles. The summed E-state index contributed by atoms with van der Waals surface area (Å²) in [6, 6.07) is 3.44. The van der Waals surface area contributed by atoms with Crippen LogP contribution in [-0.2, 0) is 16.0 Å². The van der Waals surface area contributed by atoms with Crippen molar-refractivity contribution in [3.8, 4) is 0 Å². The van der Waals surface area contributed by atoms with Crippen LogP contribution in [0.15, 0.2) is 18.2 Å². The fourth-order valence-corrected chi connectivity index (χ4v) is 3.46. The molecule has 4 nitrogen and oxygen atoms in total. The molecular weight excluding hydrogens is 302 g/mol. The van der Waals surface area contributed by atoms with Crippen molar-refractivity contribution in [2.24, 2.45) is 5.41 Å². The van der Waals surface area contributed by atoms with Crippen molar-refractivity contribution in [2.45, 2.75) is 32.1 Å². The molecule has 6 heteroatoms. The number of rotatable bonds is 3. The average molecular weight is 322 g/mol. The van der Waals surface area contributed by atoms with Gasteiger partial charge in [-0.3, -0.25) is 9.59 Å². The maximum atomic E-state index is 13.6. The third-order valence-corrected chi connectivity index (χ3v) is 5.00. The SMILES string of the molecule is O=C1CC2(CCN(C(=O)CCc3ccc(F)cc3F)CC2)CN1. The van der Waals surface area contributed by atoms with E-state index in [1.54, 1.807) is 4.90 Å². The van der Waals surface area contributed by atoms with Crippen molar-refractivity contribution in [1.82, 2.24) is 10.2 Å². The van der Waals surface area contributed by atoms with E-state index < -0.39 is 11.6 Å². The summed E-state index contributed by atoms with van der Waals surface area (Å²) in [6.07, 6.45) is 2.68. The van der Waals surface area contributed by atoms with Crippen LogP contribution in [0, 0.1) is 17.0 Å². The normalized spacial score (nSPS) is 19.9. The Hall–Kier alpha value is -1.98. The second-order valence-corrected chi connectivity index (χ2v) is 6.57. The van der Waals surface area contributed by atoms with E-state index in [1.807, 2.05) is 0 Å². The Morgan fingerprint density at radius 1 is 1.26 bits per heavy atom. The van der Waals surface area contributed by atoms with E-state index >= 15 is 0 Å². The number of nitrogens with zero attached hydrogens (tertiary/aromatic N) is 1. The van der Waals surface area contributed by atoms with Gasteiger partial charge in [0.1, 0.15) is 11.6 Å². The lowest BCUT2D eigenvalue weighted by Crippen LogP contribution is -2.44. The smallest absolute Gasteiger partial charge is 0.222 e. The summed E-state index contributed by atoms with van der Waals surface area (Å²) in [6.45, 7) is 1.98. The van der Waals surface area contributed by atoms with Gasteiger partial charge in [-0.25, -0.2) is 8.78 Å². The van der Waals surface area contributed by atoms with Crippen LogP contribution in [0.3, 0.4) is 0 Å². The summed E-state index contributed by atoms with van der Waals surface area (Å²) < 4.78 is 26.4. The molecule has 2 heterocycles. The van der Waals surface area contributed by atoms with Crippen molar-refractivity contribution in [3.63, 3.8) is 0 Å². The Labute approximate surface area is 133 Å². The maximum Gasteiger partial charge on any atom is 0.222 e. The van der Waals surface area contributed by atoms with E-state index in [0.717, 1.165) is 18.9 Å². The maximum absolute atomic E-state index is 13.6. The van der Waals surface area contributed by atoms with Gasteiger partial charge in [-0.05, 0) is 36.3 Å². The highest BCUT2D eigenvalue weighted by atomic mass is 19.1. The summed E-state index contributed by atoms with van der Waals surface area (Å²) >= 11 is 0. The minimum Gasteiger partial charge on any atom is -0.356 e. The van der Waals surface area contributed by atoms with Crippen molar-refractivity contribution >= 4 is 11.8 Å². The standard InChI is InChI=1S/C17H20F2N2O2/c18-13-3-1-12(14(19)9-13)2-4-16(23)21-7-5-17(6-8-21)10-15(22)20-11-17/h1,3,9H,2,4-8,10-11H2,(H,20,22). The van der Waals surface area contributed by atoms with Gasteiger partial charge in [0.25, 0.3) is 0 Å². The predicted molar refractivity (Wildman–Crippen MR) is 80.6 cm³/mol. The highest BCUT2D eigenvalue weighted by molar-refractivity contribution is 5.79. The lowest BCUT2D eigenvalue weighted by Gasteiger charge is -2.38. The molecule has 2 saturated heterocycles.